The third kappa shape index (κ3) is 4.96. The Balaban J connectivity index is 1.03. The predicted octanol–water partition coefficient (Wildman–Crippen LogP) is 5.95. The van der Waals surface area contributed by atoms with Crippen LogP contribution in [-0.4, -0.2) is 66.6 Å². The minimum absolute atomic E-state index is 0.0185. The number of rotatable bonds is 5. The van der Waals surface area contributed by atoms with Gasteiger partial charge in [-0.3, -0.25) is 14.4 Å². The van der Waals surface area contributed by atoms with Crippen LogP contribution in [0.4, 0.5) is 15.8 Å². The van der Waals surface area contributed by atoms with Gasteiger partial charge in [-0.2, -0.15) is 0 Å². The molecule has 1 N–H and O–H groups in total. The highest BCUT2D eigenvalue weighted by molar-refractivity contribution is 6.01. The van der Waals surface area contributed by atoms with E-state index in [0.717, 1.165) is 11.1 Å². The predicted molar refractivity (Wildman–Crippen MR) is 188 cm³/mol. The number of fused-ring (bicyclic) bond motifs is 3. The lowest BCUT2D eigenvalue weighted by Crippen LogP contribution is -2.49. The van der Waals surface area contributed by atoms with E-state index in [9.17, 15) is 14.4 Å². The van der Waals surface area contributed by atoms with Crippen LogP contribution in [0.5, 0.6) is 11.5 Å². The van der Waals surface area contributed by atoms with Gasteiger partial charge in [0.15, 0.2) is 23.1 Å². The molecule has 1 atom stereocenters. The highest BCUT2D eigenvalue weighted by atomic mass is 19.1. The Kier molecular flexibility index (Phi) is 7.08. The zero-order chi connectivity index (χ0) is 33.9. The van der Waals surface area contributed by atoms with Crippen molar-refractivity contribution in [2.45, 2.75) is 12.5 Å². The number of piperazine rings is 1. The number of carbonyl (C=O) groups is 2. The maximum atomic E-state index is 16.3. The number of carbonyl (C=O) groups excluding carboxylic acids is 2. The van der Waals surface area contributed by atoms with E-state index in [1.54, 1.807) is 33.9 Å². The fourth-order valence-corrected chi connectivity index (χ4v) is 7.41. The summed E-state index contributed by atoms with van der Waals surface area (Å²) in [5, 5.41) is 3.93. The average Bonchev–Trinajstić information content (AvgIpc) is 3.80. The summed E-state index contributed by atoms with van der Waals surface area (Å²) >= 11 is 0. The highest BCUT2D eigenvalue weighted by Crippen LogP contribution is 2.47. The van der Waals surface area contributed by atoms with Crippen LogP contribution in [0.15, 0.2) is 106 Å². The summed E-state index contributed by atoms with van der Waals surface area (Å²) in [6, 6.07) is 27.4. The Hall–Kier alpha value is -6.10. The van der Waals surface area contributed by atoms with Gasteiger partial charge in [0, 0.05) is 62.6 Å². The van der Waals surface area contributed by atoms with E-state index in [0.29, 0.717) is 68.2 Å². The first-order chi connectivity index (χ1) is 24.4. The number of benzene rings is 4. The van der Waals surface area contributed by atoms with Crippen molar-refractivity contribution in [2.24, 2.45) is 0 Å². The molecule has 1 unspecified atom stereocenters. The van der Waals surface area contributed by atoms with Gasteiger partial charge in [0.2, 0.25) is 5.43 Å². The number of furan rings is 1. The minimum atomic E-state index is -0.638. The first-order valence-electron chi connectivity index (χ1n) is 16.8. The Bertz CT molecular complexity index is 2350. The molecule has 2 amide bonds. The number of pyridine rings is 1. The Labute approximate surface area is 285 Å². The van der Waals surface area contributed by atoms with Crippen LogP contribution >= 0.6 is 0 Å². The molecule has 250 valence electrons. The maximum Gasteiger partial charge on any atom is 0.287 e. The van der Waals surface area contributed by atoms with Crippen LogP contribution in [-0.2, 0) is 0 Å². The molecule has 6 aromatic rings. The highest BCUT2D eigenvalue weighted by Gasteiger charge is 2.35. The Morgan fingerprint density at radius 1 is 0.840 bits per heavy atom. The molecule has 3 aliphatic rings. The van der Waals surface area contributed by atoms with Crippen LogP contribution in [0.1, 0.15) is 27.3 Å². The number of nitrogens with zero attached hydrogens (tertiary/aromatic N) is 4. The van der Waals surface area contributed by atoms with E-state index in [-0.39, 0.29) is 46.0 Å². The van der Waals surface area contributed by atoms with Crippen molar-refractivity contribution < 1.29 is 23.1 Å². The van der Waals surface area contributed by atoms with Crippen LogP contribution in [0.25, 0.3) is 27.6 Å². The van der Waals surface area contributed by atoms with Gasteiger partial charge < -0.3 is 33.7 Å². The van der Waals surface area contributed by atoms with Gasteiger partial charge in [-0.25, -0.2) is 4.39 Å². The van der Waals surface area contributed by atoms with Crippen molar-refractivity contribution in [3.05, 3.63) is 125 Å². The number of aromatic nitrogens is 1. The normalized spacial score (nSPS) is 16.8. The largest absolute Gasteiger partial charge is 0.451 e. The van der Waals surface area contributed by atoms with Crippen molar-refractivity contribution in [1.82, 2.24) is 14.8 Å². The summed E-state index contributed by atoms with van der Waals surface area (Å²) in [6.45, 7) is 2.93. The summed E-state index contributed by atoms with van der Waals surface area (Å²) in [5.74, 6) is -0.474. The van der Waals surface area contributed by atoms with Gasteiger partial charge >= 0.3 is 0 Å². The molecule has 11 heteroatoms. The number of anilines is 2. The number of amides is 2. The molecule has 5 heterocycles. The maximum absolute atomic E-state index is 16.3. The van der Waals surface area contributed by atoms with Crippen molar-refractivity contribution >= 4 is 45.1 Å². The number of hydrogen-bond acceptors (Lipinski definition) is 7. The smallest absolute Gasteiger partial charge is 0.287 e. The van der Waals surface area contributed by atoms with E-state index in [1.807, 2.05) is 71.6 Å². The van der Waals surface area contributed by atoms with Crippen molar-refractivity contribution in [1.29, 1.82) is 0 Å². The molecule has 0 spiro atoms. The number of para-hydroxylation sites is 4. The molecule has 2 aromatic heterocycles. The van der Waals surface area contributed by atoms with Gasteiger partial charge in [0.1, 0.15) is 22.4 Å². The molecule has 9 rings (SSSR count). The number of halogens is 1. The molecule has 0 bridgehead atoms. The summed E-state index contributed by atoms with van der Waals surface area (Å²) < 4.78 is 30.2. The van der Waals surface area contributed by atoms with Crippen LogP contribution < -0.4 is 25.3 Å². The van der Waals surface area contributed by atoms with E-state index in [4.69, 9.17) is 9.15 Å². The van der Waals surface area contributed by atoms with E-state index < -0.39 is 11.2 Å². The molecule has 2 fully saturated rings. The van der Waals surface area contributed by atoms with Gasteiger partial charge in [0.05, 0.1) is 11.1 Å². The minimum Gasteiger partial charge on any atom is -0.451 e. The van der Waals surface area contributed by atoms with Crippen molar-refractivity contribution in [3.63, 3.8) is 0 Å². The lowest BCUT2D eigenvalue weighted by Gasteiger charge is -2.36. The first kappa shape index (κ1) is 30.0. The molecule has 0 aliphatic carbocycles. The molecule has 0 radical (unpaired) electrons. The third-order valence-electron chi connectivity index (χ3n) is 9.92. The molecule has 4 aromatic carbocycles. The van der Waals surface area contributed by atoms with E-state index >= 15 is 4.39 Å². The summed E-state index contributed by atoms with van der Waals surface area (Å²) in [7, 11) is 0. The Morgan fingerprint density at radius 3 is 2.42 bits per heavy atom. The fraction of sp³-hybridized carbons (Fsp3) is 0.205. The van der Waals surface area contributed by atoms with E-state index in [1.165, 1.54) is 6.07 Å². The van der Waals surface area contributed by atoms with Crippen molar-refractivity contribution in [2.75, 3.05) is 49.1 Å². The van der Waals surface area contributed by atoms with Crippen LogP contribution in [0.3, 0.4) is 0 Å². The Morgan fingerprint density at radius 2 is 1.60 bits per heavy atom. The number of ether oxygens (including phenoxy) is 1. The number of hydrogen-bond donors (Lipinski definition) is 1. The van der Waals surface area contributed by atoms with Gasteiger partial charge in [0.25, 0.3) is 11.8 Å². The SMILES string of the molecule is O=C(NC1CCN(c2c(F)cc3c(=O)c(C(=O)N4CCN(c5ccccc5)CC4)cn4c3c2Oc2ccccc2-4)C1)c1cc2ccccc2o1. The van der Waals surface area contributed by atoms with Crippen LogP contribution in [0, 0.1) is 5.82 Å². The molecule has 50 heavy (non-hydrogen) atoms. The van der Waals surface area contributed by atoms with E-state index in [2.05, 4.69) is 10.2 Å². The first-order valence-corrected chi connectivity index (χ1v) is 16.8. The van der Waals surface area contributed by atoms with Gasteiger partial charge in [-0.1, -0.05) is 48.5 Å². The fourth-order valence-electron chi connectivity index (χ4n) is 7.41. The lowest BCUT2D eigenvalue weighted by atomic mass is 10.0. The number of nitrogens with one attached hydrogen (secondary N) is 1. The van der Waals surface area contributed by atoms with Crippen molar-refractivity contribution in [3.8, 4) is 17.2 Å². The molecular weight excluding hydrogens is 637 g/mol. The zero-order valence-corrected chi connectivity index (χ0v) is 27.0. The topological polar surface area (TPSA) is 100 Å². The molecular formula is C39H32FN5O5. The summed E-state index contributed by atoms with van der Waals surface area (Å²) in [5.41, 5.74) is 2.39. The lowest BCUT2D eigenvalue weighted by molar-refractivity contribution is 0.0744. The molecule has 0 saturated carbocycles. The van der Waals surface area contributed by atoms with Gasteiger partial charge in [-0.05, 0) is 48.9 Å². The second-order valence-electron chi connectivity index (χ2n) is 12.9. The summed E-state index contributed by atoms with van der Waals surface area (Å²) in [4.78, 5) is 46.8. The third-order valence-corrected chi connectivity index (χ3v) is 9.92. The zero-order valence-electron chi connectivity index (χ0n) is 27.0. The van der Waals surface area contributed by atoms with Crippen LogP contribution in [0.2, 0.25) is 0 Å². The molecule has 3 aliphatic heterocycles. The second-order valence-corrected chi connectivity index (χ2v) is 12.9. The quantitative estimate of drug-likeness (QED) is 0.242. The van der Waals surface area contributed by atoms with Gasteiger partial charge in [-0.15, -0.1) is 0 Å². The molecule has 2 saturated heterocycles. The average molecular weight is 670 g/mol. The monoisotopic (exact) mass is 669 g/mol. The second kappa shape index (κ2) is 11.8. The summed E-state index contributed by atoms with van der Waals surface area (Å²) in [6.07, 6.45) is 2.14. The molecule has 10 nitrogen and oxygen atoms in total. The standard InChI is InChI=1S/C39H32FN5O5/c40-29-21-27-34-37(35(29)44-15-14-25(22-44)41-38(47)33-20-24-8-4-6-12-31(24)49-33)50-32-13-7-5-11-30(32)45(34)23-28(36(27)46)39(48)43-18-16-42(17-19-43)26-9-2-1-3-10-26/h1-13,20-21,23,25H,14-19,22H2,(H,41,47).